The van der Waals surface area contributed by atoms with Crippen molar-refractivity contribution in [2.75, 3.05) is 32.8 Å². The van der Waals surface area contributed by atoms with E-state index in [1.165, 1.54) is 13.0 Å². The quantitative estimate of drug-likeness (QED) is 0.738. The predicted octanol–water partition coefficient (Wildman–Crippen LogP) is 1.08. The molecule has 3 heteroatoms. The molecule has 0 aromatic heterocycles. The molecule has 1 saturated heterocycles. The highest BCUT2D eigenvalue weighted by Gasteiger charge is 2.21. The fraction of sp³-hybridized carbons (Fsp3) is 1.00. The van der Waals surface area contributed by atoms with Crippen LogP contribution >= 0.6 is 0 Å². The first-order valence-corrected chi connectivity index (χ1v) is 5.57. The van der Waals surface area contributed by atoms with Gasteiger partial charge in [0.05, 0.1) is 12.2 Å². The fourth-order valence-electron chi connectivity index (χ4n) is 1.79. The lowest BCUT2D eigenvalue weighted by Crippen LogP contribution is -2.30. The van der Waals surface area contributed by atoms with Gasteiger partial charge in [0.1, 0.15) is 0 Å². The van der Waals surface area contributed by atoms with E-state index < -0.39 is 0 Å². The zero-order valence-corrected chi connectivity index (χ0v) is 9.75. The average molecular weight is 200 g/mol. The van der Waals surface area contributed by atoms with Crippen molar-refractivity contribution in [2.45, 2.75) is 32.8 Å². The molecule has 0 aliphatic carbocycles. The molecule has 0 spiro atoms. The highest BCUT2D eigenvalue weighted by atomic mass is 16.5. The molecule has 1 aliphatic rings. The van der Waals surface area contributed by atoms with Crippen molar-refractivity contribution in [3.8, 4) is 0 Å². The van der Waals surface area contributed by atoms with Crippen LogP contribution in [0.25, 0.3) is 0 Å². The van der Waals surface area contributed by atoms with E-state index in [2.05, 4.69) is 25.7 Å². The van der Waals surface area contributed by atoms with E-state index in [9.17, 15) is 0 Å². The number of nitrogens with two attached hydrogens (primary N) is 1. The second-order valence-electron chi connectivity index (χ2n) is 5.15. The van der Waals surface area contributed by atoms with Gasteiger partial charge in [-0.05, 0) is 46.2 Å². The van der Waals surface area contributed by atoms with E-state index in [1.54, 1.807) is 0 Å². The maximum absolute atomic E-state index is 5.69. The minimum Gasteiger partial charge on any atom is -0.375 e. The van der Waals surface area contributed by atoms with Crippen LogP contribution in [0, 0.1) is 5.92 Å². The summed E-state index contributed by atoms with van der Waals surface area (Å²) in [6.45, 7) is 11.4. The van der Waals surface area contributed by atoms with Crippen LogP contribution in [0.2, 0.25) is 0 Å². The van der Waals surface area contributed by atoms with Crippen LogP contribution in [0.15, 0.2) is 0 Å². The molecule has 0 radical (unpaired) electrons. The fourth-order valence-corrected chi connectivity index (χ4v) is 1.79. The monoisotopic (exact) mass is 200 g/mol. The van der Waals surface area contributed by atoms with Crippen molar-refractivity contribution in [2.24, 2.45) is 11.7 Å². The van der Waals surface area contributed by atoms with Gasteiger partial charge in [0.15, 0.2) is 0 Å². The third-order valence-corrected chi connectivity index (χ3v) is 2.65. The largest absolute Gasteiger partial charge is 0.375 e. The first kappa shape index (κ1) is 12.0. The Morgan fingerprint density at radius 1 is 1.43 bits per heavy atom. The summed E-state index contributed by atoms with van der Waals surface area (Å²) in [4.78, 5) is 2.45. The predicted molar refractivity (Wildman–Crippen MR) is 59.3 cm³/mol. The van der Waals surface area contributed by atoms with Gasteiger partial charge >= 0.3 is 0 Å². The van der Waals surface area contributed by atoms with Gasteiger partial charge in [0.2, 0.25) is 0 Å². The van der Waals surface area contributed by atoms with E-state index in [1.807, 2.05) is 0 Å². The van der Waals surface area contributed by atoms with Gasteiger partial charge in [-0.15, -0.1) is 0 Å². The van der Waals surface area contributed by atoms with Crippen LogP contribution in [0.4, 0.5) is 0 Å². The number of ether oxygens (including phenoxy) is 1. The smallest absolute Gasteiger partial charge is 0.0600 e. The molecule has 1 fully saturated rings. The second-order valence-corrected chi connectivity index (χ2v) is 5.15. The van der Waals surface area contributed by atoms with Crippen molar-refractivity contribution in [1.29, 1.82) is 0 Å². The Morgan fingerprint density at radius 2 is 2.14 bits per heavy atom. The first-order chi connectivity index (χ1) is 6.51. The summed E-state index contributed by atoms with van der Waals surface area (Å²) < 4.78 is 5.69. The first-order valence-electron chi connectivity index (χ1n) is 5.57. The molecule has 1 rings (SSSR count). The average Bonchev–Trinajstić information content (AvgIpc) is 2.50. The van der Waals surface area contributed by atoms with Gasteiger partial charge in [-0.25, -0.2) is 0 Å². The number of hydrogen-bond donors (Lipinski definition) is 1. The molecular formula is C11H24N2O. The molecule has 0 aromatic carbocycles. The summed E-state index contributed by atoms with van der Waals surface area (Å²) in [5.41, 5.74) is 5.63. The molecule has 14 heavy (non-hydrogen) atoms. The van der Waals surface area contributed by atoms with Crippen LogP contribution in [0.1, 0.15) is 27.2 Å². The Bertz CT molecular complexity index is 165. The Balaban J connectivity index is 2.09. The molecule has 3 nitrogen and oxygen atoms in total. The van der Waals surface area contributed by atoms with Crippen LogP contribution in [0.5, 0.6) is 0 Å². The summed E-state index contributed by atoms with van der Waals surface area (Å²) in [6, 6.07) is 0. The third-order valence-electron chi connectivity index (χ3n) is 2.65. The molecule has 1 atom stereocenters. The van der Waals surface area contributed by atoms with E-state index in [4.69, 9.17) is 10.5 Å². The van der Waals surface area contributed by atoms with Crippen LogP contribution in [0.3, 0.4) is 0 Å². The van der Waals surface area contributed by atoms with Gasteiger partial charge in [-0.1, -0.05) is 0 Å². The van der Waals surface area contributed by atoms with Crippen molar-refractivity contribution in [1.82, 2.24) is 4.90 Å². The van der Waals surface area contributed by atoms with E-state index in [0.717, 1.165) is 26.2 Å². The lowest BCUT2D eigenvalue weighted by molar-refractivity contribution is -0.0112. The van der Waals surface area contributed by atoms with E-state index >= 15 is 0 Å². The summed E-state index contributed by atoms with van der Waals surface area (Å²) in [7, 11) is 0. The minimum atomic E-state index is -0.00695. The van der Waals surface area contributed by atoms with E-state index in [0.29, 0.717) is 5.92 Å². The maximum Gasteiger partial charge on any atom is 0.0600 e. The van der Waals surface area contributed by atoms with Gasteiger partial charge in [-0.3, -0.25) is 0 Å². The Morgan fingerprint density at radius 3 is 2.64 bits per heavy atom. The summed E-state index contributed by atoms with van der Waals surface area (Å²) in [6.07, 6.45) is 1.26. The Hall–Kier alpha value is -0.120. The topological polar surface area (TPSA) is 38.5 Å². The molecule has 1 aliphatic heterocycles. The second kappa shape index (κ2) is 5.10. The van der Waals surface area contributed by atoms with E-state index in [-0.39, 0.29) is 5.60 Å². The zero-order valence-electron chi connectivity index (χ0n) is 9.75. The van der Waals surface area contributed by atoms with Crippen molar-refractivity contribution in [3.63, 3.8) is 0 Å². The Labute approximate surface area is 87.6 Å². The normalized spacial score (nSPS) is 24.4. The molecule has 0 saturated carbocycles. The van der Waals surface area contributed by atoms with Crippen LogP contribution < -0.4 is 5.73 Å². The molecule has 1 heterocycles. The molecule has 1 unspecified atom stereocenters. The molecule has 84 valence electrons. The number of hydrogen-bond acceptors (Lipinski definition) is 3. The molecule has 0 bridgehead atoms. The minimum absolute atomic E-state index is 0.00695. The van der Waals surface area contributed by atoms with Gasteiger partial charge in [0.25, 0.3) is 0 Å². The van der Waals surface area contributed by atoms with Crippen molar-refractivity contribution >= 4 is 0 Å². The van der Waals surface area contributed by atoms with Crippen LogP contribution in [-0.2, 0) is 4.74 Å². The van der Waals surface area contributed by atoms with Crippen molar-refractivity contribution < 1.29 is 4.74 Å². The van der Waals surface area contributed by atoms with Gasteiger partial charge in [-0.2, -0.15) is 0 Å². The lowest BCUT2D eigenvalue weighted by Gasteiger charge is -2.22. The maximum atomic E-state index is 5.69. The van der Waals surface area contributed by atoms with Crippen molar-refractivity contribution in [3.05, 3.63) is 0 Å². The van der Waals surface area contributed by atoms with Crippen LogP contribution in [-0.4, -0.2) is 43.3 Å². The zero-order chi connectivity index (χ0) is 10.6. The molecule has 2 N–H and O–H groups in total. The SMILES string of the molecule is CC(C)(C)OCCN1CCC(CN)C1. The third kappa shape index (κ3) is 4.40. The molecule has 0 aromatic rings. The summed E-state index contributed by atoms with van der Waals surface area (Å²) in [5, 5.41) is 0. The number of nitrogens with zero attached hydrogens (tertiary/aromatic N) is 1. The van der Waals surface area contributed by atoms with Gasteiger partial charge < -0.3 is 15.4 Å². The molecule has 0 amide bonds. The summed E-state index contributed by atoms with van der Waals surface area (Å²) in [5.74, 6) is 0.713. The lowest BCUT2D eigenvalue weighted by atomic mass is 10.1. The summed E-state index contributed by atoms with van der Waals surface area (Å²) >= 11 is 0. The highest BCUT2D eigenvalue weighted by molar-refractivity contribution is 4.75. The molecular weight excluding hydrogens is 176 g/mol. The number of likely N-dealkylation sites (tertiary alicyclic amines) is 1. The van der Waals surface area contributed by atoms with Gasteiger partial charge in [0, 0.05) is 13.1 Å². The highest BCUT2D eigenvalue weighted by Crippen LogP contribution is 2.14. The Kier molecular flexibility index (Phi) is 4.35. The standard InChI is InChI=1S/C11H24N2O/c1-11(2,3)14-7-6-13-5-4-10(8-12)9-13/h10H,4-9,12H2,1-3H3. The number of rotatable bonds is 4.